The van der Waals surface area contributed by atoms with E-state index in [0.29, 0.717) is 5.56 Å². The van der Waals surface area contributed by atoms with Gasteiger partial charge in [0.15, 0.2) is 0 Å². The Labute approximate surface area is 90.8 Å². The molecule has 0 saturated carbocycles. The van der Waals surface area contributed by atoms with Crippen molar-refractivity contribution in [2.75, 3.05) is 0 Å². The fraction of sp³-hybridized carbons (Fsp3) is 0.273. The number of amides is 1. The number of carbonyl (C=O) groups excluding carboxylic acids is 1. The van der Waals surface area contributed by atoms with Crippen LogP contribution in [-0.4, -0.2) is 11.6 Å². The highest BCUT2D eigenvalue weighted by molar-refractivity contribution is 6.04. The smallest absolute Gasteiger partial charge is 0.273 e. The van der Waals surface area contributed by atoms with E-state index in [0.717, 1.165) is 12.1 Å². The second kappa shape index (κ2) is 4.47. The minimum Gasteiger partial charge on any atom is -0.273 e. The maximum atomic E-state index is 12.4. The molecule has 0 bridgehead atoms. The zero-order chi connectivity index (χ0) is 12.3. The molecule has 0 radical (unpaired) electrons. The van der Waals surface area contributed by atoms with Crippen LogP contribution < -0.4 is 0 Å². The van der Waals surface area contributed by atoms with Crippen molar-refractivity contribution < 1.29 is 18.0 Å². The van der Waals surface area contributed by atoms with E-state index in [1.165, 1.54) is 26.0 Å². The van der Waals surface area contributed by atoms with Crippen molar-refractivity contribution in [1.29, 1.82) is 0 Å². The van der Waals surface area contributed by atoms with E-state index in [4.69, 9.17) is 0 Å². The second-order valence-corrected chi connectivity index (χ2v) is 3.29. The van der Waals surface area contributed by atoms with Gasteiger partial charge in [0.05, 0.1) is 5.56 Å². The van der Waals surface area contributed by atoms with E-state index >= 15 is 0 Å². The molecule has 1 aromatic rings. The van der Waals surface area contributed by atoms with Gasteiger partial charge >= 0.3 is 6.18 Å². The molecule has 2 nitrogen and oxygen atoms in total. The molecule has 0 aliphatic rings. The fourth-order valence-electron chi connectivity index (χ4n) is 1.22. The monoisotopic (exact) mass is 229 g/mol. The number of halogens is 3. The van der Waals surface area contributed by atoms with Crippen molar-refractivity contribution in [2.24, 2.45) is 4.99 Å². The van der Waals surface area contributed by atoms with Gasteiger partial charge in [0.25, 0.3) is 0 Å². The molecule has 0 spiro atoms. The predicted octanol–water partition coefficient (Wildman–Crippen LogP) is 3.06. The number of hydrogen-bond acceptors (Lipinski definition) is 1. The molecular weight excluding hydrogens is 219 g/mol. The highest BCUT2D eigenvalue weighted by Crippen LogP contribution is 2.29. The van der Waals surface area contributed by atoms with E-state index in [2.05, 4.69) is 4.99 Å². The third-order valence-corrected chi connectivity index (χ3v) is 1.93. The first-order chi connectivity index (χ1) is 7.30. The Bertz CT molecular complexity index is 435. The van der Waals surface area contributed by atoms with Crippen molar-refractivity contribution in [2.45, 2.75) is 20.0 Å². The maximum absolute atomic E-state index is 12.4. The summed E-state index contributed by atoms with van der Waals surface area (Å²) in [5.41, 5.74) is -0.174. The maximum Gasteiger partial charge on any atom is 0.416 e. The average Bonchev–Trinajstić information content (AvgIpc) is 2.15. The number of hydrogen-bond donors (Lipinski definition) is 0. The predicted molar refractivity (Wildman–Crippen MR) is 54.3 cm³/mol. The molecule has 1 rings (SSSR count). The summed E-state index contributed by atoms with van der Waals surface area (Å²) >= 11 is 0. The third-order valence-electron chi connectivity index (χ3n) is 1.93. The standard InChI is InChI=1S/C11H10F3NO/c1-7(15-8(2)16)9-4-3-5-10(6-9)11(12,13)14/h3-6H,1-2H3. The first-order valence-electron chi connectivity index (χ1n) is 4.54. The van der Waals surface area contributed by atoms with Crippen molar-refractivity contribution in [3.8, 4) is 0 Å². The zero-order valence-corrected chi connectivity index (χ0v) is 8.80. The SMILES string of the molecule is CC(=O)N=C(C)c1cccc(C(F)(F)F)c1. The third kappa shape index (κ3) is 3.18. The summed E-state index contributed by atoms with van der Waals surface area (Å²) in [5.74, 6) is -0.435. The summed E-state index contributed by atoms with van der Waals surface area (Å²) in [6.07, 6.45) is -4.38. The van der Waals surface area contributed by atoms with Crippen LogP contribution in [0.5, 0.6) is 0 Å². The van der Waals surface area contributed by atoms with Gasteiger partial charge in [-0.05, 0) is 24.6 Å². The van der Waals surface area contributed by atoms with Gasteiger partial charge in [-0.1, -0.05) is 12.1 Å². The molecule has 0 aliphatic heterocycles. The topological polar surface area (TPSA) is 29.4 Å². The van der Waals surface area contributed by atoms with Crippen molar-refractivity contribution in [3.05, 3.63) is 35.4 Å². The number of benzene rings is 1. The molecular formula is C11H10F3NO. The first kappa shape index (κ1) is 12.4. The lowest BCUT2D eigenvalue weighted by Gasteiger charge is -2.08. The van der Waals surface area contributed by atoms with Crippen molar-refractivity contribution in [3.63, 3.8) is 0 Å². The molecule has 0 atom stereocenters. The van der Waals surface area contributed by atoms with Crippen LogP contribution in [0.25, 0.3) is 0 Å². The molecule has 0 aromatic heterocycles. The largest absolute Gasteiger partial charge is 0.416 e. The number of nitrogens with zero attached hydrogens (tertiary/aromatic N) is 1. The van der Waals surface area contributed by atoms with Crippen LogP contribution in [0.15, 0.2) is 29.3 Å². The summed E-state index contributed by atoms with van der Waals surface area (Å²) in [4.78, 5) is 14.3. The summed E-state index contributed by atoms with van der Waals surface area (Å²) in [5, 5.41) is 0. The van der Waals surface area contributed by atoms with Gasteiger partial charge in [0.2, 0.25) is 5.91 Å². The molecule has 1 amide bonds. The van der Waals surface area contributed by atoms with Crippen LogP contribution in [0, 0.1) is 0 Å². The van der Waals surface area contributed by atoms with E-state index < -0.39 is 17.6 Å². The Morgan fingerprint density at radius 2 is 1.88 bits per heavy atom. The first-order valence-corrected chi connectivity index (χ1v) is 4.54. The summed E-state index contributed by atoms with van der Waals surface area (Å²) in [6.45, 7) is 2.74. The highest BCUT2D eigenvalue weighted by Gasteiger charge is 2.30. The minimum absolute atomic E-state index is 0.276. The molecule has 0 heterocycles. The summed E-state index contributed by atoms with van der Waals surface area (Å²) < 4.78 is 37.2. The normalized spacial score (nSPS) is 12.7. The Kier molecular flexibility index (Phi) is 3.47. The van der Waals surface area contributed by atoms with E-state index in [9.17, 15) is 18.0 Å². The molecule has 0 N–H and O–H groups in total. The van der Waals surface area contributed by atoms with Crippen LogP contribution in [0.4, 0.5) is 13.2 Å². The summed E-state index contributed by atoms with van der Waals surface area (Å²) in [6, 6.07) is 4.72. The van der Waals surface area contributed by atoms with Gasteiger partial charge in [-0.25, -0.2) is 4.99 Å². The van der Waals surface area contributed by atoms with Crippen molar-refractivity contribution in [1.82, 2.24) is 0 Å². The number of carbonyl (C=O) groups is 1. The molecule has 16 heavy (non-hydrogen) atoms. The van der Waals surface area contributed by atoms with Crippen LogP contribution in [0.2, 0.25) is 0 Å². The van der Waals surface area contributed by atoms with Crippen LogP contribution in [-0.2, 0) is 11.0 Å². The Morgan fingerprint density at radius 1 is 1.25 bits per heavy atom. The second-order valence-electron chi connectivity index (χ2n) is 3.29. The minimum atomic E-state index is -4.38. The Morgan fingerprint density at radius 3 is 2.38 bits per heavy atom. The Balaban J connectivity index is 3.13. The van der Waals surface area contributed by atoms with Gasteiger partial charge in [0.1, 0.15) is 0 Å². The molecule has 1 aromatic carbocycles. The molecule has 86 valence electrons. The average molecular weight is 229 g/mol. The van der Waals surface area contributed by atoms with Gasteiger partial charge in [-0.3, -0.25) is 4.79 Å². The number of alkyl halides is 3. The molecule has 0 aliphatic carbocycles. The van der Waals surface area contributed by atoms with Gasteiger partial charge < -0.3 is 0 Å². The molecule has 0 saturated heterocycles. The molecule has 5 heteroatoms. The summed E-state index contributed by atoms with van der Waals surface area (Å²) in [7, 11) is 0. The highest BCUT2D eigenvalue weighted by atomic mass is 19.4. The Hall–Kier alpha value is -1.65. The lowest BCUT2D eigenvalue weighted by atomic mass is 10.1. The van der Waals surface area contributed by atoms with E-state index in [1.807, 2.05) is 0 Å². The molecule has 0 fully saturated rings. The fourth-order valence-corrected chi connectivity index (χ4v) is 1.22. The van der Waals surface area contributed by atoms with E-state index in [-0.39, 0.29) is 5.71 Å². The van der Waals surface area contributed by atoms with Crippen molar-refractivity contribution >= 4 is 11.6 Å². The van der Waals surface area contributed by atoms with Crippen LogP contribution >= 0.6 is 0 Å². The lowest BCUT2D eigenvalue weighted by molar-refractivity contribution is -0.137. The van der Waals surface area contributed by atoms with Gasteiger partial charge in [-0.15, -0.1) is 0 Å². The number of rotatable bonds is 1. The van der Waals surface area contributed by atoms with Gasteiger partial charge in [0, 0.05) is 12.6 Å². The van der Waals surface area contributed by atoms with Crippen LogP contribution in [0.1, 0.15) is 25.0 Å². The lowest BCUT2D eigenvalue weighted by Crippen LogP contribution is -2.07. The van der Waals surface area contributed by atoms with E-state index in [1.54, 1.807) is 0 Å². The van der Waals surface area contributed by atoms with Crippen LogP contribution in [0.3, 0.4) is 0 Å². The number of aliphatic imine (C=N–C) groups is 1. The van der Waals surface area contributed by atoms with Gasteiger partial charge in [-0.2, -0.15) is 13.2 Å². The molecule has 0 unspecified atom stereocenters. The quantitative estimate of drug-likeness (QED) is 0.680. The zero-order valence-electron chi connectivity index (χ0n) is 8.80.